The first-order valence-corrected chi connectivity index (χ1v) is 6.14. The molecule has 0 spiro atoms. The lowest BCUT2D eigenvalue weighted by molar-refractivity contribution is -0.384. The molecule has 6 nitrogen and oxygen atoms in total. The van der Waals surface area contributed by atoms with Crippen LogP contribution in [0.15, 0.2) is 40.9 Å². The zero-order valence-corrected chi connectivity index (χ0v) is 11.4. The maximum absolute atomic E-state index is 12.9. The number of aromatic nitrogens is 1. The molecule has 0 aliphatic heterocycles. The lowest BCUT2D eigenvalue weighted by atomic mass is 10.2. The van der Waals surface area contributed by atoms with Gasteiger partial charge in [0.15, 0.2) is 0 Å². The van der Waals surface area contributed by atoms with Crippen LogP contribution in [0.2, 0.25) is 0 Å². The third kappa shape index (κ3) is 3.15. The molecule has 0 saturated carbocycles. The first-order valence-electron chi connectivity index (χ1n) is 5.35. The molecule has 2 rings (SSSR count). The molecule has 0 unspecified atom stereocenters. The Balaban J connectivity index is 2.27. The summed E-state index contributed by atoms with van der Waals surface area (Å²) < 4.78 is 13.4. The lowest BCUT2D eigenvalue weighted by Crippen LogP contribution is -2.14. The Morgan fingerprint density at radius 1 is 1.35 bits per heavy atom. The van der Waals surface area contributed by atoms with Gasteiger partial charge in [-0.2, -0.15) is 4.39 Å². The third-order valence-corrected chi connectivity index (χ3v) is 3.05. The zero-order chi connectivity index (χ0) is 14.7. The molecular weight excluding hydrogens is 333 g/mol. The molecule has 0 saturated heterocycles. The number of hydrogen-bond donors (Lipinski definition) is 1. The molecule has 20 heavy (non-hydrogen) atoms. The van der Waals surface area contributed by atoms with Crippen molar-refractivity contribution in [2.24, 2.45) is 0 Å². The number of halogens is 2. The minimum Gasteiger partial charge on any atom is -0.319 e. The Kier molecular flexibility index (Phi) is 4.04. The molecule has 8 heteroatoms. The topological polar surface area (TPSA) is 85.1 Å². The van der Waals surface area contributed by atoms with Crippen LogP contribution in [0.5, 0.6) is 0 Å². The third-order valence-electron chi connectivity index (χ3n) is 2.36. The SMILES string of the molecule is O=C(Nc1cc([N+](=O)[O-])ccc1Br)c1cccc(F)n1. The van der Waals surface area contributed by atoms with Gasteiger partial charge < -0.3 is 5.32 Å². The number of benzene rings is 1. The van der Waals surface area contributed by atoms with Crippen LogP contribution in [-0.2, 0) is 0 Å². The van der Waals surface area contributed by atoms with E-state index in [1.807, 2.05) is 0 Å². The first kappa shape index (κ1) is 14.1. The van der Waals surface area contributed by atoms with Crippen molar-refractivity contribution in [1.29, 1.82) is 0 Å². The highest BCUT2D eigenvalue weighted by molar-refractivity contribution is 9.10. The number of nitrogens with zero attached hydrogens (tertiary/aromatic N) is 2. The van der Waals surface area contributed by atoms with Crippen molar-refractivity contribution in [3.8, 4) is 0 Å². The summed E-state index contributed by atoms with van der Waals surface area (Å²) in [6, 6.07) is 7.72. The maximum Gasteiger partial charge on any atom is 0.274 e. The first-order chi connectivity index (χ1) is 9.47. The van der Waals surface area contributed by atoms with E-state index < -0.39 is 16.8 Å². The molecule has 1 amide bonds. The fourth-order valence-corrected chi connectivity index (χ4v) is 1.79. The van der Waals surface area contributed by atoms with E-state index in [-0.39, 0.29) is 17.1 Å². The van der Waals surface area contributed by atoms with E-state index in [4.69, 9.17) is 0 Å². The standard InChI is InChI=1S/C12H7BrFN3O3/c13-8-5-4-7(17(19)20)6-10(8)16-12(18)9-2-1-3-11(14)15-9/h1-6H,(H,16,18). The van der Waals surface area contributed by atoms with Crippen LogP contribution < -0.4 is 5.32 Å². The molecular formula is C12H7BrFN3O3. The second kappa shape index (κ2) is 5.74. The predicted octanol–water partition coefficient (Wildman–Crippen LogP) is 3.14. The molecule has 0 aliphatic carbocycles. The summed E-state index contributed by atoms with van der Waals surface area (Å²) in [6.45, 7) is 0. The van der Waals surface area contributed by atoms with Gasteiger partial charge in [-0.1, -0.05) is 6.07 Å². The van der Waals surface area contributed by atoms with Gasteiger partial charge in [0.1, 0.15) is 5.69 Å². The Bertz CT molecular complexity index is 693. The van der Waals surface area contributed by atoms with Crippen molar-refractivity contribution in [3.05, 3.63) is 62.6 Å². The van der Waals surface area contributed by atoms with Crippen LogP contribution in [0.1, 0.15) is 10.5 Å². The maximum atomic E-state index is 12.9. The van der Waals surface area contributed by atoms with Crippen molar-refractivity contribution in [2.45, 2.75) is 0 Å². The summed E-state index contributed by atoms with van der Waals surface area (Å²) in [5.74, 6) is -1.44. The Hall–Kier alpha value is -2.35. The number of anilines is 1. The van der Waals surface area contributed by atoms with Crippen LogP contribution in [0.3, 0.4) is 0 Å². The average molecular weight is 340 g/mol. The molecule has 1 N–H and O–H groups in total. The van der Waals surface area contributed by atoms with Gasteiger partial charge in [0.25, 0.3) is 11.6 Å². The summed E-state index contributed by atoms with van der Waals surface area (Å²) in [4.78, 5) is 25.4. The van der Waals surface area contributed by atoms with Crippen LogP contribution in [0, 0.1) is 16.1 Å². The largest absolute Gasteiger partial charge is 0.319 e. The van der Waals surface area contributed by atoms with E-state index in [0.29, 0.717) is 4.47 Å². The second-order valence-corrected chi connectivity index (χ2v) is 4.58. The monoisotopic (exact) mass is 339 g/mol. The minimum atomic E-state index is -0.782. The molecule has 0 atom stereocenters. The fourth-order valence-electron chi connectivity index (χ4n) is 1.44. The highest BCUT2D eigenvalue weighted by Gasteiger charge is 2.14. The summed E-state index contributed by atoms with van der Waals surface area (Å²) in [5, 5.41) is 13.1. The molecule has 0 radical (unpaired) electrons. The normalized spacial score (nSPS) is 10.1. The molecule has 0 aliphatic rings. The van der Waals surface area contributed by atoms with E-state index in [9.17, 15) is 19.3 Å². The number of nitro benzene ring substituents is 1. The number of non-ortho nitro benzene ring substituents is 1. The number of nitro groups is 1. The number of rotatable bonds is 3. The van der Waals surface area contributed by atoms with Gasteiger partial charge in [-0.15, -0.1) is 0 Å². The van der Waals surface area contributed by atoms with Gasteiger partial charge in [-0.25, -0.2) is 4.98 Å². The number of carbonyl (C=O) groups is 1. The zero-order valence-electron chi connectivity index (χ0n) is 9.84. The number of carbonyl (C=O) groups excluding carboxylic acids is 1. The molecule has 0 fully saturated rings. The van der Waals surface area contributed by atoms with Gasteiger partial charge in [0.2, 0.25) is 5.95 Å². The van der Waals surface area contributed by atoms with Crippen LogP contribution >= 0.6 is 15.9 Å². The Morgan fingerprint density at radius 2 is 2.10 bits per heavy atom. The molecule has 2 aromatic rings. The molecule has 1 aromatic carbocycles. The van der Waals surface area contributed by atoms with E-state index in [1.54, 1.807) is 0 Å². The number of hydrogen-bond acceptors (Lipinski definition) is 4. The Labute approximate surface area is 120 Å². The number of amides is 1. The summed E-state index contributed by atoms with van der Waals surface area (Å²) in [7, 11) is 0. The van der Waals surface area contributed by atoms with Crippen LogP contribution in [0.25, 0.3) is 0 Å². The predicted molar refractivity (Wildman–Crippen MR) is 72.9 cm³/mol. The Morgan fingerprint density at radius 3 is 2.75 bits per heavy atom. The number of pyridine rings is 1. The lowest BCUT2D eigenvalue weighted by Gasteiger charge is -2.06. The minimum absolute atomic E-state index is 0.122. The van der Waals surface area contributed by atoms with Gasteiger partial charge in [-0.05, 0) is 34.1 Å². The van der Waals surface area contributed by atoms with Crippen molar-refractivity contribution < 1.29 is 14.1 Å². The smallest absolute Gasteiger partial charge is 0.274 e. The van der Waals surface area contributed by atoms with Gasteiger partial charge in [-0.3, -0.25) is 14.9 Å². The van der Waals surface area contributed by atoms with Gasteiger partial charge in [0.05, 0.1) is 10.6 Å². The van der Waals surface area contributed by atoms with Crippen LogP contribution in [0.4, 0.5) is 15.8 Å². The van der Waals surface area contributed by atoms with Gasteiger partial charge in [0, 0.05) is 16.6 Å². The highest BCUT2D eigenvalue weighted by atomic mass is 79.9. The van der Waals surface area contributed by atoms with Crippen molar-refractivity contribution in [2.75, 3.05) is 5.32 Å². The van der Waals surface area contributed by atoms with E-state index in [0.717, 1.165) is 6.07 Å². The van der Waals surface area contributed by atoms with E-state index in [1.165, 1.54) is 30.3 Å². The van der Waals surface area contributed by atoms with Crippen molar-refractivity contribution >= 4 is 33.2 Å². The van der Waals surface area contributed by atoms with Crippen LogP contribution in [-0.4, -0.2) is 15.8 Å². The molecule has 102 valence electrons. The van der Waals surface area contributed by atoms with E-state index >= 15 is 0 Å². The van der Waals surface area contributed by atoms with Crippen molar-refractivity contribution in [3.63, 3.8) is 0 Å². The van der Waals surface area contributed by atoms with Crippen molar-refractivity contribution in [1.82, 2.24) is 4.98 Å². The second-order valence-electron chi connectivity index (χ2n) is 3.72. The molecule has 1 heterocycles. The summed E-state index contributed by atoms with van der Waals surface area (Å²) in [5.41, 5.74) is -0.0885. The van der Waals surface area contributed by atoms with Gasteiger partial charge >= 0.3 is 0 Å². The van der Waals surface area contributed by atoms with E-state index in [2.05, 4.69) is 26.2 Å². The fraction of sp³-hybridized carbons (Fsp3) is 0. The average Bonchev–Trinajstić information content (AvgIpc) is 2.41. The summed E-state index contributed by atoms with van der Waals surface area (Å²) >= 11 is 3.16. The summed E-state index contributed by atoms with van der Waals surface area (Å²) in [6.07, 6.45) is 0. The molecule has 1 aromatic heterocycles. The highest BCUT2D eigenvalue weighted by Crippen LogP contribution is 2.27. The quantitative estimate of drug-likeness (QED) is 0.528. The number of nitrogens with one attached hydrogen (secondary N) is 1. The molecule has 0 bridgehead atoms.